The Morgan fingerprint density at radius 1 is 1.11 bits per heavy atom. The molecule has 0 atom stereocenters. The Morgan fingerprint density at radius 3 is 2.63 bits per heavy atom. The van der Waals surface area contributed by atoms with E-state index in [1.807, 2.05) is 6.07 Å². The highest BCUT2D eigenvalue weighted by atomic mass is 15.1. The van der Waals surface area contributed by atoms with Gasteiger partial charge in [0, 0.05) is 12.6 Å². The van der Waals surface area contributed by atoms with Crippen LogP contribution in [0.3, 0.4) is 0 Å². The SMILES string of the molecule is CCc1cc(-c2nc3ccccc3n2C)ccc1C. The van der Waals surface area contributed by atoms with Crippen molar-refractivity contribution in [2.75, 3.05) is 0 Å². The fraction of sp³-hybridized carbons (Fsp3) is 0.235. The number of aromatic nitrogens is 2. The van der Waals surface area contributed by atoms with Gasteiger partial charge in [-0.05, 0) is 42.7 Å². The van der Waals surface area contributed by atoms with Crippen LogP contribution in [0.5, 0.6) is 0 Å². The van der Waals surface area contributed by atoms with Crippen molar-refractivity contribution in [1.29, 1.82) is 0 Å². The van der Waals surface area contributed by atoms with Crippen LogP contribution in [0, 0.1) is 6.92 Å². The Balaban J connectivity index is 2.21. The summed E-state index contributed by atoms with van der Waals surface area (Å²) < 4.78 is 2.17. The van der Waals surface area contributed by atoms with Gasteiger partial charge in [-0.25, -0.2) is 4.98 Å². The van der Waals surface area contributed by atoms with Gasteiger partial charge in [-0.1, -0.05) is 31.2 Å². The van der Waals surface area contributed by atoms with Crippen LogP contribution >= 0.6 is 0 Å². The predicted octanol–water partition coefficient (Wildman–Crippen LogP) is 4.11. The molecule has 0 bridgehead atoms. The summed E-state index contributed by atoms with van der Waals surface area (Å²) >= 11 is 0. The molecule has 0 saturated heterocycles. The molecule has 0 unspecified atom stereocenters. The Morgan fingerprint density at radius 2 is 1.89 bits per heavy atom. The average molecular weight is 250 g/mol. The van der Waals surface area contributed by atoms with Gasteiger partial charge in [0.2, 0.25) is 0 Å². The summed E-state index contributed by atoms with van der Waals surface area (Å²) in [7, 11) is 2.08. The quantitative estimate of drug-likeness (QED) is 0.669. The average Bonchev–Trinajstić information content (AvgIpc) is 2.77. The minimum Gasteiger partial charge on any atom is -0.327 e. The minimum absolute atomic E-state index is 1.04. The van der Waals surface area contributed by atoms with Gasteiger partial charge in [0.25, 0.3) is 0 Å². The maximum Gasteiger partial charge on any atom is 0.140 e. The molecule has 0 aliphatic heterocycles. The third-order valence-corrected chi connectivity index (χ3v) is 3.78. The number of imidazole rings is 1. The van der Waals surface area contributed by atoms with E-state index in [-0.39, 0.29) is 0 Å². The van der Waals surface area contributed by atoms with Gasteiger partial charge in [0.1, 0.15) is 5.82 Å². The van der Waals surface area contributed by atoms with Crippen LogP contribution in [-0.2, 0) is 13.5 Å². The molecule has 3 aromatic rings. The lowest BCUT2D eigenvalue weighted by Crippen LogP contribution is -1.94. The fourth-order valence-electron chi connectivity index (χ4n) is 2.60. The molecule has 0 fully saturated rings. The minimum atomic E-state index is 1.04. The summed E-state index contributed by atoms with van der Waals surface area (Å²) in [6, 6.07) is 14.9. The topological polar surface area (TPSA) is 17.8 Å². The fourth-order valence-corrected chi connectivity index (χ4v) is 2.60. The maximum atomic E-state index is 4.75. The number of fused-ring (bicyclic) bond motifs is 1. The largest absolute Gasteiger partial charge is 0.327 e. The summed E-state index contributed by atoms with van der Waals surface area (Å²) in [4.78, 5) is 4.75. The zero-order valence-corrected chi connectivity index (χ0v) is 11.6. The van der Waals surface area contributed by atoms with E-state index in [1.54, 1.807) is 0 Å². The molecule has 0 N–H and O–H groups in total. The van der Waals surface area contributed by atoms with Crippen LogP contribution in [0.2, 0.25) is 0 Å². The van der Waals surface area contributed by atoms with Gasteiger partial charge < -0.3 is 4.57 Å². The Bertz CT molecular complexity index is 738. The van der Waals surface area contributed by atoms with Crippen molar-refractivity contribution in [2.24, 2.45) is 7.05 Å². The first-order valence-electron chi connectivity index (χ1n) is 6.72. The highest BCUT2D eigenvalue weighted by Crippen LogP contribution is 2.25. The molecule has 0 aliphatic carbocycles. The third-order valence-electron chi connectivity index (χ3n) is 3.78. The lowest BCUT2D eigenvalue weighted by Gasteiger charge is -2.07. The Kier molecular flexibility index (Phi) is 2.86. The zero-order valence-electron chi connectivity index (χ0n) is 11.6. The van der Waals surface area contributed by atoms with Crippen molar-refractivity contribution in [3.05, 3.63) is 53.6 Å². The van der Waals surface area contributed by atoms with E-state index in [1.165, 1.54) is 22.2 Å². The molecule has 1 aromatic heterocycles. The molecule has 19 heavy (non-hydrogen) atoms. The van der Waals surface area contributed by atoms with Gasteiger partial charge in [-0.2, -0.15) is 0 Å². The van der Waals surface area contributed by atoms with E-state index >= 15 is 0 Å². The van der Waals surface area contributed by atoms with E-state index < -0.39 is 0 Å². The molecule has 2 nitrogen and oxygen atoms in total. The van der Waals surface area contributed by atoms with Crippen LogP contribution in [0.15, 0.2) is 42.5 Å². The molecule has 1 heterocycles. The van der Waals surface area contributed by atoms with E-state index in [0.717, 1.165) is 17.8 Å². The van der Waals surface area contributed by atoms with Crippen LogP contribution in [0.25, 0.3) is 22.4 Å². The summed E-state index contributed by atoms with van der Waals surface area (Å²) in [6.45, 7) is 4.36. The second kappa shape index (κ2) is 4.54. The van der Waals surface area contributed by atoms with Gasteiger partial charge in [0.05, 0.1) is 11.0 Å². The Hall–Kier alpha value is -2.09. The molecule has 3 rings (SSSR count). The van der Waals surface area contributed by atoms with E-state index in [0.29, 0.717) is 0 Å². The predicted molar refractivity (Wildman–Crippen MR) is 80.3 cm³/mol. The second-order valence-corrected chi connectivity index (χ2v) is 4.98. The molecule has 96 valence electrons. The molecule has 0 aliphatic rings. The van der Waals surface area contributed by atoms with E-state index in [2.05, 4.69) is 61.9 Å². The number of aryl methyl sites for hydroxylation is 3. The van der Waals surface area contributed by atoms with Gasteiger partial charge in [-0.3, -0.25) is 0 Å². The highest BCUT2D eigenvalue weighted by molar-refractivity contribution is 5.80. The first-order valence-corrected chi connectivity index (χ1v) is 6.72. The Labute approximate surface area is 113 Å². The zero-order chi connectivity index (χ0) is 13.4. The molecule has 0 amide bonds. The number of nitrogens with zero attached hydrogens (tertiary/aromatic N) is 2. The molecule has 0 saturated carbocycles. The van der Waals surface area contributed by atoms with E-state index in [9.17, 15) is 0 Å². The van der Waals surface area contributed by atoms with Crippen LogP contribution in [0.1, 0.15) is 18.1 Å². The lowest BCUT2D eigenvalue weighted by atomic mass is 10.0. The van der Waals surface area contributed by atoms with Crippen molar-refractivity contribution in [1.82, 2.24) is 9.55 Å². The number of hydrogen-bond acceptors (Lipinski definition) is 1. The summed E-state index contributed by atoms with van der Waals surface area (Å²) in [5, 5.41) is 0. The maximum absolute atomic E-state index is 4.75. The third kappa shape index (κ3) is 1.93. The monoisotopic (exact) mass is 250 g/mol. The van der Waals surface area contributed by atoms with Gasteiger partial charge >= 0.3 is 0 Å². The molecular formula is C17H18N2. The lowest BCUT2D eigenvalue weighted by molar-refractivity contribution is 0.957. The van der Waals surface area contributed by atoms with Crippen molar-refractivity contribution >= 4 is 11.0 Å². The van der Waals surface area contributed by atoms with Crippen LogP contribution in [0.4, 0.5) is 0 Å². The smallest absolute Gasteiger partial charge is 0.140 e. The highest BCUT2D eigenvalue weighted by Gasteiger charge is 2.10. The van der Waals surface area contributed by atoms with Crippen molar-refractivity contribution < 1.29 is 0 Å². The van der Waals surface area contributed by atoms with Gasteiger partial charge in [-0.15, -0.1) is 0 Å². The molecule has 2 aromatic carbocycles. The summed E-state index contributed by atoms with van der Waals surface area (Å²) in [6.07, 6.45) is 1.06. The summed E-state index contributed by atoms with van der Waals surface area (Å²) in [5.74, 6) is 1.04. The number of benzene rings is 2. The van der Waals surface area contributed by atoms with Crippen molar-refractivity contribution in [3.8, 4) is 11.4 Å². The van der Waals surface area contributed by atoms with Gasteiger partial charge in [0.15, 0.2) is 0 Å². The van der Waals surface area contributed by atoms with Crippen LogP contribution in [-0.4, -0.2) is 9.55 Å². The second-order valence-electron chi connectivity index (χ2n) is 4.98. The van der Waals surface area contributed by atoms with E-state index in [4.69, 9.17) is 4.98 Å². The molecule has 0 radical (unpaired) electrons. The first-order chi connectivity index (χ1) is 9.20. The molecule has 0 spiro atoms. The molecular weight excluding hydrogens is 232 g/mol. The van der Waals surface area contributed by atoms with Crippen molar-refractivity contribution in [3.63, 3.8) is 0 Å². The number of hydrogen-bond donors (Lipinski definition) is 0. The standard InChI is InChI=1S/C17H18N2/c1-4-13-11-14(10-9-12(13)2)17-18-15-7-5-6-8-16(15)19(17)3/h5-11H,4H2,1-3H3. The summed E-state index contributed by atoms with van der Waals surface area (Å²) in [5.41, 5.74) is 6.17. The number of rotatable bonds is 2. The van der Waals surface area contributed by atoms with Crippen molar-refractivity contribution in [2.45, 2.75) is 20.3 Å². The van der Waals surface area contributed by atoms with Crippen LogP contribution < -0.4 is 0 Å². The molecule has 2 heteroatoms. The normalized spacial score (nSPS) is 11.1. The first kappa shape index (κ1) is 12.0. The number of para-hydroxylation sites is 2.